The Hall–Kier alpha value is -1.30. The monoisotopic (exact) mass is 369 g/mol. The van der Waals surface area contributed by atoms with Crippen LogP contribution in [0.4, 0.5) is 5.69 Å². The van der Waals surface area contributed by atoms with E-state index in [4.69, 9.17) is 10.5 Å². The van der Waals surface area contributed by atoms with Crippen LogP contribution in [0.25, 0.3) is 0 Å². The number of likely N-dealkylation sites (N-methyl/N-ethyl adjacent to an activating group) is 1. The highest BCUT2D eigenvalue weighted by Gasteiger charge is 2.21. The van der Waals surface area contributed by atoms with Gasteiger partial charge in [-0.25, -0.2) is 0 Å². The molecule has 0 radical (unpaired) electrons. The number of hydrogen-bond acceptors (Lipinski definition) is 4. The Morgan fingerprint density at radius 2 is 2.04 bits per heavy atom. The Morgan fingerprint density at radius 3 is 2.72 bits per heavy atom. The van der Waals surface area contributed by atoms with Gasteiger partial charge in [0.05, 0.1) is 6.04 Å². The lowest BCUT2D eigenvalue weighted by Crippen LogP contribution is -2.37. The number of carbonyl (C=O) groups is 1. The van der Waals surface area contributed by atoms with E-state index in [1.165, 1.54) is 32.1 Å². The van der Waals surface area contributed by atoms with Crippen LogP contribution in [0.2, 0.25) is 0 Å². The van der Waals surface area contributed by atoms with Gasteiger partial charge in [0.25, 0.3) is 0 Å². The van der Waals surface area contributed by atoms with E-state index in [1.807, 2.05) is 38.4 Å². The number of halogens is 1. The van der Waals surface area contributed by atoms with Crippen LogP contribution in [-0.4, -0.2) is 44.1 Å². The van der Waals surface area contributed by atoms with Crippen LogP contribution in [0.15, 0.2) is 24.3 Å². The molecular formula is C19H32ClN3O2. The van der Waals surface area contributed by atoms with E-state index in [-0.39, 0.29) is 18.3 Å². The molecule has 1 aliphatic rings. The Balaban J connectivity index is 0.00000312. The van der Waals surface area contributed by atoms with Gasteiger partial charge >= 0.3 is 0 Å². The van der Waals surface area contributed by atoms with Crippen molar-refractivity contribution in [2.24, 2.45) is 11.7 Å². The summed E-state index contributed by atoms with van der Waals surface area (Å²) >= 11 is 0. The molecule has 1 unspecified atom stereocenters. The van der Waals surface area contributed by atoms with Gasteiger partial charge in [-0.1, -0.05) is 38.2 Å². The number of carbonyl (C=O) groups excluding carboxylic acids is 1. The maximum atomic E-state index is 12.3. The average molecular weight is 370 g/mol. The summed E-state index contributed by atoms with van der Waals surface area (Å²) < 4.78 is 5.70. The molecule has 2 rings (SSSR count). The van der Waals surface area contributed by atoms with Crippen LogP contribution in [0.5, 0.6) is 5.75 Å². The highest BCUT2D eigenvalue weighted by Crippen LogP contribution is 2.27. The minimum absolute atomic E-state index is 0. The molecule has 0 aromatic heterocycles. The molecule has 1 aromatic carbocycles. The molecule has 3 N–H and O–H groups in total. The molecule has 0 saturated heterocycles. The normalized spacial score (nSPS) is 16.2. The third kappa shape index (κ3) is 8.08. The van der Waals surface area contributed by atoms with Crippen molar-refractivity contribution in [3.63, 3.8) is 0 Å². The number of benzene rings is 1. The number of nitrogens with zero attached hydrogens (tertiary/aromatic N) is 1. The molecular weight excluding hydrogens is 338 g/mol. The third-order valence-electron chi connectivity index (χ3n) is 4.56. The van der Waals surface area contributed by atoms with Gasteiger partial charge in [-0.3, -0.25) is 4.79 Å². The topological polar surface area (TPSA) is 67.6 Å². The van der Waals surface area contributed by atoms with Gasteiger partial charge in [0.2, 0.25) is 5.91 Å². The van der Waals surface area contributed by atoms with Gasteiger partial charge in [0.1, 0.15) is 12.4 Å². The zero-order chi connectivity index (χ0) is 17.4. The van der Waals surface area contributed by atoms with Crippen LogP contribution in [0, 0.1) is 5.92 Å². The first-order valence-electron chi connectivity index (χ1n) is 8.98. The number of ether oxygens (including phenoxy) is 1. The zero-order valence-electron chi connectivity index (χ0n) is 15.4. The lowest BCUT2D eigenvalue weighted by atomic mass is 9.85. The number of nitrogens with one attached hydrogen (secondary N) is 1. The molecule has 25 heavy (non-hydrogen) atoms. The van der Waals surface area contributed by atoms with E-state index < -0.39 is 6.04 Å². The van der Waals surface area contributed by atoms with Crippen molar-refractivity contribution < 1.29 is 9.53 Å². The van der Waals surface area contributed by atoms with Crippen molar-refractivity contribution in [3.05, 3.63) is 24.3 Å². The number of hydrogen-bond donors (Lipinski definition) is 2. The Labute approximate surface area is 157 Å². The van der Waals surface area contributed by atoms with Crippen molar-refractivity contribution >= 4 is 24.0 Å². The molecule has 1 saturated carbocycles. The van der Waals surface area contributed by atoms with Crippen LogP contribution in [0.3, 0.4) is 0 Å². The van der Waals surface area contributed by atoms with E-state index in [9.17, 15) is 4.79 Å². The second-order valence-corrected chi connectivity index (χ2v) is 7.02. The van der Waals surface area contributed by atoms with Gasteiger partial charge in [-0.05, 0) is 38.6 Å². The summed E-state index contributed by atoms with van der Waals surface area (Å²) in [6.45, 7) is 1.47. The summed E-state index contributed by atoms with van der Waals surface area (Å²) in [5, 5.41) is 2.92. The van der Waals surface area contributed by atoms with Gasteiger partial charge < -0.3 is 20.7 Å². The molecule has 1 fully saturated rings. The molecule has 0 aliphatic heterocycles. The summed E-state index contributed by atoms with van der Waals surface area (Å²) in [6.07, 6.45) is 7.05. The largest absolute Gasteiger partial charge is 0.492 e. The van der Waals surface area contributed by atoms with E-state index in [1.54, 1.807) is 0 Å². The fraction of sp³-hybridized carbons (Fsp3) is 0.632. The molecule has 1 amide bonds. The van der Waals surface area contributed by atoms with E-state index in [0.717, 1.165) is 24.4 Å². The number of amides is 1. The molecule has 1 atom stereocenters. The van der Waals surface area contributed by atoms with Crippen LogP contribution < -0.4 is 15.8 Å². The van der Waals surface area contributed by atoms with E-state index >= 15 is 0 Å². The van der Waals surface area contributed by atoms with Crippen LogP contribution >= 0.6 is 12.4 Å². The maximum Gasteiger partial charge on any atom is 0.241 e. The minimum atomic E-state index is -0.439. The Morgan fingerprint density at radius 1 is 1.32 bits per heavy atom. The predicted octanol–water partition coefficient (Wildman–Crippen LogP) is 3.29. The number of anilines is 1. The Kier molecular flexibility index (Phi) is 9.86. The first-order valence-corrected chi connectivity index (χ1v) is 8.98. The average Bonchev–Trinajstić information content (AvgIpc) is 2.55. The second kappa shape index (κ2) is 11.3. The molecule has 5 nitrogen and oxygen atoms in total. The second-order valence-electron chi connectivity index (χ2n) is 7.02. The summed E-state index contributed by atoms with van der Waals surface area (Å²) in [7, 11) is 4.02. The molecule has 142 valence electrons. The summed E-state index contributed by atoms with van der Waals surface area (Å²) in [6, 6.07) is 7.05. The van der Waals surface area contributed by atoms with Gasteiger partial charge in [0.15, 0.2) is 0 Å². The van der Waals surface area contributed by atoms with Crippen molar-refractivity contribution in [1.82, 2.24) is 4.90 Å². The van der Waals surface area contributed by atoms with Crippen molar-refractivity contribution in [1.29, 1.82) is 0 Å². The molecule has 1 aromatic rings. The van der Waals surface area contributed by atoms with Crippen molar-refractivity contribution in [2.75, 3.05) is 32.6 Å². The van der Waals surface area contributed by atoms with Crippen LogP contribution in [-0.2, 0) is 4.79 Å². The van der Waals surface area contributed by atoms with Gasteiger partial charge in [0, 0.05) is 18.3 Å². The number of nitrogens with two attached hydrogens (primary N) is 1. The first-order chi connectivity index (χ1) is 11.5. The molecule has 6 heteroatoms. The summed E-state index contributed by atoms with van der Waals surface area (Å²) in [4.78, 5) is 14.4. The molecule has 0 heterocycles. The molecule has 0 bridgehead atoms. The smallest absolute Gasteiger partial charge is 0.241 e. The highest BCUT2D eigenvalue weighted by molar-refractivity contribution is 5.94. The summed E-state index contributed by atoms with van der Waals surface area (Å²) in [5.41, 5.74) is 6.84. The Bertz CT molecular complexity index is 519. The lowest BCUT2D eigenvalue weighted by molar-refractivity contribution is -0.117. The fourth-order valence-electron chi connectivity index (χ4n) is 3.13. The fourth-order valence-corrected chi connectivity index (χ4v) is 3.13. The van der Waals surface area contributed by atoms with Crippen LogP contribution in [0.1, 0.15) is 38.5 Å². The quantitative estimate of drug-likeness (QED) is 0.737. The minimum Gasteiger partial charge on any atom is -0.492 e. The van der Waals surface area contributed by atoms with E-state index in [0.29, 0.717) is 12.5 Å². The van der Waals surface area contributed by atoms with Gasteiger partial charge in [-0.2, -0.15) is 0 Å². The molecule has 1 aliphatic carbocycles. The zero-order valence-corrected chi connectivity index (χ0v) is 16.2. The summed E-state index contributed by atoms with van der Waals surface area (Å²) in [5.74, 6) is 1.25. The van der Waals surface area contributed by atoms with Crippen molar-refractivity contribution in [2.45, 2.75) is 44.6 Å². The maximum absolute atomic E-state index is 12.3. The number of rotatable bonds is 8. The third-order valence-corrected chi connectivity index (χ3v) is 4.56. The highest BCUT2D eigenvalue weighted by atomic mass is 35.5. The van der Waals surface area contributed by atoms with E-state index in [2.05, 4.69) is 10.2 Å². The first kappa shape index (κ1) is 21.7. The lowest BCUT2D eigenvalue weighted by Gasteiger charge is -2.24. The molecule has 0 spiro atoms. The van der Waals surface area contributed by atoms with Gasteiger partial charge in [-0.15, -0.1) is 12.4 Å². The standard InChI is InChI=1S/C19H31N3O2.ClH/c1-22(2)11-12-24-17-10-6-9-16(14-17)21-19(23)18(20)13-15-7-4-3-5-8-15;/h6,9-10,14-15,18H,3-5,7-8,11-13,20H2,1-2H3,(H,21,23);1H. The predicted molar refractivity (Wildman–Crippen MR) is 106 cm³/mol. The SMILES string of the molecule is CN(C)CCOc1cccc(NC(=O)C(N)CC2CCCCC2)c1.Cl. The van der Waals surface area contributed by atoms with Crippen molar-refractivity contribution in [3.8, 4) is 5.75 Å².